The van der Waals surface area contributed by atoms with Gasteiger partial charge in [-0.05, 0) is 6.42 Å². The molecule has 1 aliphatic heterocycles. The van der Waals surface area contributed by atoms with E-state index in [0.29, 0.717) is 6.04 Å². The summed E-state index contributed by atoms with van der Waals surface area (Å²) < 4.78 is 8.08. The first-order valence-corrected chi connectivity index (χ1v) is 7.01. The molecule has 0 aliphatic carbocycles. The van der Waals surface area contributed by atoms with Gasteiger partial charge in [0.2, 0.25) is 0 Å². The van der Waals surface area contributed by atoms with Gasteiger partial charge < -0.3 is 4.74 Å². The maximum absolute atomic E-state index is 5.74. The smallest absolute Gasteiger partial charge is 0.336 e. The second-order valence-electron chi connectivity index (χ2n) is 4.90. The van der Waals surface area contributed by atoms with Crippen LogP contribution < -0.4 is 0 Å². The third-order valence-corrected chi connectivity index (χ3v) is 3.60. The Morgan fingerprint density at radius 1 is 1.12 bits per heavy atom. The zero-order valence-corrected chi connectivity index (χ0v) is 11.3. The summed E-state index contributed by atoms with van der Waals surface area (Å²) >= 11 is 0. The molecule has 1 aliphatic rings. The van der Waals surface area contributed by atoms with Crippen molar-refractivity contribution in [2.45, 2.75) is 71.3 Å². The van der Waals surface area contributed by atoms with E-state index in [4.69, 9.17) is 4.74 Å². The Hall–Kier alpha value is -0.530. The van der Waals surface area contributed by atoms with E-state index in [9.17, 15) is 0 Å². The van der Waals surface area contributed by atoms with Gasteiger partial charge in [0.15, 0.2) is 12.6 Å². The van der Waals surface area contributed by atoms with E-state index < -0.39 is 0 Å². The Morgan fingerprint density at radius 2 is 1.81 bits per heavy atom. The van der Waals surface area contributed by atoms with E-state index in [2.05, 4.69) is 25.5 Å². The van der Waals surface area contributed by atoms with Crippen LogP contribution in [-0.4, -0.2) is 30.2 Å². The zero-order valence-electron chi connectivity index (χ0n) is 11.3. The summed E-state index contributed by atoms with van der Waals surface area (Å²) in [5.41, 5.74) is 0. The fourth-order valence-electron chi connectivity index (χ4n) is 2.31. The number of ether oxygens (including phenoxy) is 1. The molecule has 94 valence electrons. The van der Waals surface area contributed by atoms with Crippen molar-refractivity contribution in [2.75, 3.05) is 13.7 Å². The summed E-state index contributed by atoms with van der Waals surface area (Å²) in [6, 6.07) is 0.620. The van der Waals surface area contributed by atoms with Crippen molar-refractivity contribution in [1.82, 2.24) is 0 Å². The van der Waals surface area contributed by atoms with Crippen LogP contribution in [-0.2, 0) is 4.74 Å². The summed E-state index contributed by atoms with van der Waals surface area (Å²) in [6.45, 7) is 5.40. The first kappa shape index (κ1) is 13.5. The summed E-state index contributed by atoms with van der Waals surface area (Å²) in [7, 11) is 2.17. The lowest BCUT2D eigenvalue weighted by molar-refractivity contribution is -0.528. The summed E-state index contributed by atoms with van der Waals surface area (Å²) in [5, 5.41) is 0. The van der Waals surface area contributed by atoms with Gasteiger partial charge in [-0.25, -0.2) is 0 Å². The van der Waals surface area contributed by atoms with Crippen LogP contribution in [0.3, 0.4) is 0 Å². The molecule has 2 heteroatoms. The fraction of sp³-hybridized carbons (Fsp3) is 0.929. The van der Waals surface area contributed by atoms with Gasteiger partial charge in [-0.15, -0.1) is 0 Å². The minimum absolute atomic E-state index is 0.620. The molecule has 0 aromatic carbocycles. The molecular formula is C14H28NO+. The van der Waals surface area contributed by atoms with Crippen molar-refractivity contribution in [3.8, 4) is 0 Å². The third-order valence-electron chi connectivity index (χ3n) is 3.60. The molecule has 0 fully saturated rings. The van der Waals surface area contributed by atoms with E-state index in [-0.39, 0.29) is 0 Å². The highest BCUT2D eigenvalue weighted by atomic mass is 16.5. The molecule has 0 saturated heterocycles. The molecule has 0 aromatic rings. The molecule has 1 rings (SSSR count). The van der Waals surface area contributed by atoms with E-state index >= 15 is 0 Å². The molecule has 0 radical (unpaired) electrons. The summed E-state index contributed by atoms with van der Waals surface area (Å²) in [4.78, 5) is 0. The highest BCUT2D eigenvalue weighted by Crippen LogP contribution is 2.12. The van der Waals surface area contributed by atoms with Crippen LogP contribution in [0, 0.1) is 0 Å². The minimum atomic E-state index is 0.620. The van der Waals surface area contributed by atoms with Gasteiger partial charge in [0, 0.05) is 6.42 Å². The largest absolute Gasteiger partial charge is 0.441 e. The maximum Gasteiger partial charge on any atom is 0.336 e. The Kier molecular flexibility index (Phi) is 6.51. The van der Waals surface area contributed by atoms with Crippen LogP contribution in [0.25, 0.3) is 0 Å². The lowest BCUT2D eigenvalue weighted by Crippen LogP contribution is -2.21. The van der Waals surface area contributed by atoms with Crippen LogP contribution in [0.2, 0.25) is 0 Å². The van der Waals surface area contributed by atoms with Crippen LogP contribution in [0.15, 0.2) is 0 Å². The number of hydrogen-bond donors (Lipinski definition) is 0. The first-order chi connectivity index (χ1) is 7.79. The van der Waals surface area contributed by atoms with Crippen molar-refractivity contribution >= 4 is 5.90 Å². The predicted octanol–water partition coefficient (Wildman–Crippen LogP) is 3.59. The highest BCUT2D eigenvalue weighted by Gasteiger charge is 2.29. The number of unbranched alkanes of at least 4 members (excludes halogenated alkanes) is 5. The Morgan fingerprint density at radius 3 is 2.44 bits per heavy atom. The molecule has 0 N–H and O–H groups in total. The van der Waals surface area contributed by atoms with Gasteiger partial charge >= 0.3 is 5.90 Å². The molecule has 16 heavy (non-hydrogen) atoms. The van der Waals surface area contributed by atoms with E-state index in [1.165, 1.54) is 50.8 Å². The molecule has 0 spiro atoms. The normalized spacial score (nSPS) is 20.3. The Labute approximate surface area is 101 Å². The topological polar surface area (TPSA) is 12.2 Å². The molecule has 1 heterocycles. The summed E-state index contributed by atoms with van der Waals surface area (Å²) in [6.07, 6.45) is 10.5. The predicted molar refractivity (Wildman–Crippen MR) is 69.2 cm³/mol. The minimum Gasteiger partial charge on any atom is -0.441 e. The van der Waals surface area contributed by atoms with Crippen LogP contribution in [0.5, 0.6) is 0 Å². The monoisotopic (exact) mass is 226 g/mol. The molecule has 0 amide bonds. The molecule has 2 nitrogen and oxygen atoms in total. The van der Waals surface area contributed by atoms with Crippen LogP contribution >= 0.6 is 0 Å². The molecule has 0 aromatic heterocycles. The second-order valence-corrected chi connectivity index (χ2v) is 4.90. The van der Waals surface area contributed by atoms with Gasteiger partial charge in [0.05, 0.1) is 6.42 Å². The fourth-order valence-corrected chi connectivity index (χ4v) is 2.31. The number of likely N-dealkylation sites (N-methyl/N-ethyl adjacent to an activating group) is 1. The lowest BCUT2D eigenvalue weighted by Gasteiger charge is -2.00. The molecule has 0 saturated carbocycles. The highest BCUT2D eigenvalue weighted by molar-refractivity contribution is 5.71. The van der Waals surface area contributed by atoms with Crippen LogP contribution in [0.1, 0.15) is 65.2 Å². The van der Waals surface area contributed by atoms with Crippen molar-refractivity contribution in [2.24, 2.45) is 0 Å². The molecule has 1 unspecified atom stereocenters. The van der Waals surface area contributed by atoms with Crippen molar-refractivity contribution in [3.05, 3.63) is 0 Å². The average Bonchev–Trinajstić information content (AvgIpc) is 2.65. The standard InChI is InChI=1S/C14H28NO/c1-4-6-7-8-9-10-11-14-15(3)13(5-2)12-16-14/h13H,4-12H2,1-3H3/q+1. The van der Waals surface area contributed by atoms with Crippen LogP contribution in [0.4, 0.5) is 0 Å². The molecular weight excluding hydrogens is 198 g/mol. The first-order valence-electron chi connectivity index (χ1n) is 7.01. The summed E-state index contributed by atoms with van der Waals surface area (Å²) in [5.74, 6) is 1.22. The van der Waals surface area contributed by atoms with Gasteiger partial charge in [0.1, 0.15) is 7.05 Å². The Balaban J connectivity index is 2.11. The number of hydrogen-bond acceptors (Lipinski definition) is 1. The van der Waals surface area contributed by atoms with Crippen molar-refractivity contribution in [3.63, 3.8) is 0 Å². The van der Waals surface area contributed by atoms with Gasteiger partial charge in [0.25, 0.3) is 0 Å². The molecule has 0 bridgehead atoms. The maximum atomic E-state index is 5.74. The van der Waals surface area contributed by atoms with E-state index in [1.54, 1.807) is 0 Å². The van der Waals surface area contributed by atoms with Crippen molar-refractivity contribution in [1.29, 1.82) is 0 Å². The quantitative estimate of drug-likeness (QED) is 0.455. The third kappa shape index (κ3) is 4.15. The van der Waals surface area contributed by atoms with Gasteiger partial charge in [-0.3, -0.25) is 0 Å². The van der Waals surface area contributed by atoms with E-state index in [1.807, 2.05) is 0 Å². The lowest BCUT2D eigenvalue weighted by atomic mass is 10.1. The van der Waals surface area contributed by atoms with Gasteiger partial charge in [-0.2, -0.15) is 4.58 Å². The zero-order chi connectivity index (χ0) is 11.8. The van der Waals surface area contributed by atoms with Gasteiger partial charge in [-0.1, -0.05) is 46.0 Å². The van der Waals surface area contributed by atoms with Crippen molar-refractivity contribution < 1.29 is 9.31 Å². The molecule has 1 atom stereocenters. The number of rotatable bonds is 8. The second kappa shape index (κ2) is 7.70. The SMILES string of the molecule is CCCCCCCCC1=[N+](C)C(CC)CO1. The Bertz CT molecular complexity index is 223. The van der Waals surface area contributed by atoms with E-state index in [0.717, 1.165) is 13.0 Å². The average molecular weight is 226 g/mol. The number of nitrogens with zero attached hydrogens (tertiary/aromatic N) is 1.